The van der Waals surface area contributed by atoms with Crippen LogP contribution >= 0.6 is 11.6 Å². The molecule has 1 aliphatic heterocycles. The van der Waals surface area contributed by atoms with E-state index < -0.39 is 11.6 Å². The second-order valence-corrected chi connectivity index (χ2v) is 5.97. The third-order valence-corrected chi connectivity index (χ3v) is 4.69. The van der Waals surface area contributed by atoms with Gasteiger partial charge >= 0.3 is 0 Å². The van der Waals surface area contributed by atoms with Gasteiger partial charge in [0, 0.05) is 30.7 Å². The van der Waals surface area contributed by atoms with Crippen LogP contribution in [-0.2, 0) is 0 Å². The normalized spacial score (nSPS) is 22.1. The van der Waals surface area contributed by atoms with Gasteiger partial charge in [0.05, 0.1) is 10.7 Å². The number of nitrogens with one attached hydrogen (secondary N) is 1. The van der Waals surface area contributed by atoms with Crippen LogP contribution in [0.3, 0.4) is 0 Å². The van der Waals surface area contributed by atoms with Crippen LogP contribution in [0.5, 0.6) is 0 Å². The quantitative estimate of drug-likeness (QED) is 0.908. The molecule has 1 aromatic carbocycles. The van der Waals surface area contributed by atoms with Crippen molar-refractivity contribution in [2.75, 3.05) is 18.0 Å². The Hall–Kier alpha value is -0.870. The summed E-state index contributed by atoms with van der Waals surface area (Å²) in [4.78, 5) is 1.96. The number of halogens is 3. The van der Waals surface area contributed by atoms with Crippen molar-refractivity contribution in [1.29, 1.82) is 0 Å². The minimum atomic E-state index is -0.642. The van der Waals surface area contributed by atoms with E-state index in [9.17, 15) is 8.78 Å². The summed E-state index contributed by atoms with van der Waals surface area (Å²) in [5.74, 6) is -1.24. The highest BCUT2D eigenvalue weighted by atomic mass is 35.5. The van der Waals surface area contributed by atoms with Crippen molar-refractivity contribution >= 4 is 17.3 Å². The first kappa shape index (κ1) is 15.5. The maximum atomic E-state index is 14.1. The van der Waals surface area contributed by atoms with Crippen LogP contribution in [0.25, 0.3) is 0 Å². The molecule has 0 saturated carbocycles. The molecular weight excluding hydrogens is 282 g/mol. The molecule has 1 atom stereocenters. The van der Waals surface area contributed by atoms with Crippen molar-refractivity contribution in [3.05, 3.63) is 28.8 Å². The van der Waals surface area contributed by atoms with Crippen LogP contribution in [0.4, 0.5) is 14.5 Å². The summed E-state index contributed by atoms with van der Waals surface area (Å²) in [5, 5.41) is 3.69. The van der Waals surface area contributed by atoms with Gasteiger partial charge in [-0.15, -0.1) is 0 Å². The van der Waals surface area contributed by atoms with Crippen LogP contribution < -0.4 is 10.2 Å². The number of hydrogen-bond acceptors (Lipinski definition) is 2. The van der Waals surface area contributed by atoms with E-state index in [-0.39, 0.29) is 16.6 Å². The second-order valence-electron chi connectivity index (χ2n) is 5.56. The number of hydrogen-bond donors (Lipinski definition) is 1. The van der Waals surface area contributed by atoms with Gasteiger partial charge in [0.1, 0.15) is 5.82 Å². The minimum absolute atomic E-state index is 0.0450. The Morgan fingerprint density at radius 2 is 2.00 bits per heavy atom. The molecule has 5 heteroatoms. The molecule has 1 saturated heterocycles. The largest absolute Gasteiger partial charge is 0.362 e. The van der Waals surface area contributed by atoms with Crippen molar-refractivity contribution in [2.45, 2.75) is 45.2 Å². The number of anilines is 1. The highest BCUT2D eigenvalue weighted by Crippen LogP contribution is 2.35. The SMILES string of the molecule is CCC1(CC)CN(c2c(F)cc(F)cc2Cl)C(C)CN1. The number of benzene rings is 1. The second kappa shape index (κ2) is 5.86. The monoisotopic (exact) mass is 302 g/mol. The van der Waals surface area contributed by atoms with Gasteiger partial charge in [-0.3, -0.25) is 0 Å². The topological polar surface area (TPSA) is 15.3 Å². The average Bonchev–Trinajstić information content (AvgIpc) is 2.40. The lowest BCUT2D eigenvalue weighted by molar-refractivity contribution is 0.252. The van der Waals surface area contributed by atoms with E-state index in [1.807, 2.05) is 11.8 Å². The van der Waals surface area contributed by atoms with E-state index in [0.29, 0.717) is 12.2 Å². The molecule has 2 rings (SSSR count). The Morgan fingerprint density at radius 3 is 2.55 bits per heavy atom. The fourth-order valence-corrected chi connectivity index (χ4v) is 3.15. The molecule has 1 heterocycles. The summed E-state index contributed by atoms with van der Waals surface area (Å²) in [5.41, 5.74) is 0.268. The number of rotatable bonds is 3. The Balaban J connectivity index is 2.40. The molecule has 0 spiro atoms. The first-order chi connectivity index (χ1) is 9.42. The van der Waals surface area contributed by atoms with Gasteiger partial charge in [-0.25, -0.2) is 8.78 Å². The van der Waals surface area contributed by atoms with Gasteiger partial charge in [0.15, 0.2) is 5.82 Å². The van der Waals surface area contributed by atoms with Crippen molar-refractivity contribution in [1.82, 2.24) is 5.32 Å². The average molecular weight is 303 g/mol. The van der Waals surface area contributed by atoms with Gasteiger partial charge in [-0.05, 0) is 25.8 Å². The molecule has 0 bridgehead atoms. The van der Waals surface area contributed by atoms with Crippen molar-refractivity contribution < 1.29 is 8.78 Å². The summed E-state index contributed by atoms with van der Waals surface area (Å²) in [7, 11) is 0. The predicted octanol–water partition coefficient (Wildman–Crippen LogP) is 3.98. The fraction of sp³-hybridized carbons (Fsp3) is 0.600. The molecule has 0 aromatic heterocycles. The summed E-state index contributed by atoms with van der Waals surface area (Å²) in [6.45, 7) is 7.68. The van der Waals surface area contributed by atoms with E-state index in [0.717, 1.165) is 25.5 Å². The maximum absolute atomic E-state index is 14.1. The highest BCUT2D eigenvalue weighted by Gasteiger charge is 2.36. The third-order valence-electron chi connectivity index (χ3n) is 4.40. The van der Waals surface area contributed by atoms with Gasteiger partial charge in [0.2, 0.25) is 0 Å². The molecule has 1 unspecified atom stereocenters. The van der Waals surface area contributed by atoms with Crippen LogP contribution in [0.1, 0.15) is 33.6 Å². The summed E-state index contributed by atoms with van der Waals surface area (Å²) in [6.07, 6.45) is 1.90. The Morgan fingerprint density at radius 1 is 1.35 bits per heavy atom. The van der Waals surface area contributed by atoms with Crippen molar-refractivity contribution in [3.63, 3.8) is 0 Å². The van der Waals surface area contributed by atoms with E-state index in [1.165, 1.54) is 6.07 Å². The van der Waals surface area contributed by atoms with Crippen LogP contribution in [0.2, 0.25) is 5.02 Å². The molecule has 2 nitrogen and oxygen atoms in total. The molecule has 1 aliphatic rings. The van der Waals surface area contributed by atoms with Gasteiger partial charge in [-0.1, -0.05) is 25.4 Å². The first-order valence-electron chi connectivity index (χ1n) is 7.08. The maximum Gasteiger partial charge on any atom is 0.150 e. The number of piperazine rings is 1. The zero-order chi connectivity index (χ0) is 14.9. The highest BCUT2D eigenvalue weighted by molar-refractivity contribution is 6.33. The fourth-order valence-electron chi connectivity index (χ4n) is 2.84. The van der Waals surface area contributed by atoms with Crippen LogP contribution in [0, 0.1) is 11.6 Å². The van der Waals surface area contributed by atoms with Crippen molar-refractivity contribution in [3.8, 4) is 0 Å². The van der Waals surface area contributed by atoms with Gasteiger partial charge < -0.3 is 10.2 Å². The van der Waals surface area contributed by atoms with Gasteiger partial charge in [0.25, 0.3) is 0 Å². The van der Waals surface area contributed by atoms with Gasteiger partial charge in [-0.2, -0.15) is 0 Å². The zero-order valence-electron chi connectivity index (χ0n) is 12.1. The van der Waals surface area contributed by atoms with Crippen LogP contribution in [-0.4, -0.2) is 24.7 Å². The Kier molecular flexibility index (Phi) is 4.55. The predicted molar refractivity (Wildman–Crippen MR) is 79.5 cm³/mol. The van der Waals surface area contributed by atoms with E-state index >= 15 is 0 Å². The van der Waals surface area contributed by atoms with E-state index in [1.54, 1.807) is 0 Å². The first-order valence-corrected chi connectivity index (χ1v) is 7.46. The minimum Gasteiger partial charge on any atom is -0.362 e. The molecule has 0 aliphatic carbocycles. The van der Waals surface area contributed by atoms with E-state index in [2.05, 4.69) is 19.2 Å². The lowest BCUT2D eigenvalue weighted by Crippen LogP contribution is -2.63. The van der Waals surface area contributed by atoms with Crippen molar-refractivity contribution in [2.24, 2.45) is 0 Å². The summed E-state index contributed by atoms with van der Waals surface area (Å²) < 4.78 is 27.3. The smallest absolute Gasteiger partial charge is 0.150 e. The zero-order valence-corrected chi connectivity index (χ0v) is 12.9. The molecule has 1 N–H and O–H groups in total. The molecule has 1 aromatic rings. The Labute approximate surface area is 124 Å². The number of nitrogens with zero attached hydrogens (tertiary/aromatic N) is 1. The summed E-state index contributed by atoms with van der Waals surface area (Å²) in [6, 6.07) is 2.18. The third kappa shape index (κ3) is 2.77. The van der Waals surface area contributed by atoms with E-state index in [4.69, 9.17) is 11.6 Å². The molecule has 20 heavy (non-hydrogen) atoms. The lowest BCUT2D eigenvalue weighted by atomic mass is 9.88. The molecule has 0 amide bonds. The molecule has 1 fully saturated rings. The lowest BCUT2D eigenvalue weighted by Gasteiger charge is -2.47. The molecular formula is C15H21ClF2N2. The Bertz CT molecular complexity index is 466. The molecule has 0 radical (unpaired) electrons. The summed E-state index contributed by atoms with van der Waals surface area (Å²) >= 11 is 6.07. The molecule has 112 valence electrons. The van der Waals surface area contributed by atoms with Crippen LogP contribution in [0.15, 0.2) is 12.1 Å². The standard InChI is InChI=1S/C15H21ClF2N2/c1-4-15(5-2)9-20(10(3)8-19-15)14-12(16)6-11(17)7-13(14)18/h6-7,10,19H,4-5,8-9H2,1-3H3.